The number of benzene rings is 2. The summed E-state index contributed by atoms with van der Waals surface area (Å²) in [6.07, 6.45) is 0.179. The first-order valence-corrected chi connectivity index (χ1v) is 7.71. The Bertz CT molecular complexity index is 886. The van der Waals surface area contributed by atoms with Gasteiger partial charge < -0.3 is 9.42 Å². The number of hydrogen-bond acceptors (Lipinski definition) is 3. The Labute approximate surface area is 139 Å². The van der Waals surface area contributed by atoms with Crippen molar-refractivity contribution in [2.24, 2.45) is 0 Å². The number of carbonyl (C=O) groups excluding carboxylic acids is 1. The predicted octanol–water partition coefficient (Wildman–Crippen LogP) is 4.30. The minimum Gasteiger partial charge on any atom is -0.356 e. The van der Waals surface area contributed by atoms with Gasteiger partial charge in [0, 0.05) is 23.1 Å². The maximum atomic E-state index is 12.6. The Balaban J connectivity index is 1.88. The minimum absolute atomic E-state index is 0.0629. The van der Waals surface area contributed by atoms with E-state index in [1.807, 2.05) is 44.2 Å². The Morgan fingerprint density at radius 3 is 2.78 bits per heavy atom. The van der Waals surface area contributed by atoms with E-state index in [0.29, 0.717) is 16.3 Å². The summed E-state index contributed by atoms with van der Waals surface area (Å²) in [5, 5.41) is 5.53. The smallest absolute Gasteiger partial charge is 0.232 e. The average molecular weight is 329 g/mol. The highest BCUT2D eigenvalue weighted by Gasteiger charge is 2.18. The molecular weight excluding hydrogens is 312 g/mol. The number of anilines is 1. The minimum atomic E-state index is -0.0629. The molecule has 0 atom stereocenters. The summed E-state index contributed by atoms with van der Waals surface area (Å²) in [5.74, 6) is -0.0629. The van der Waals surface area contributed by atoms with Gasteiger partial charge in [-0.1, -0.05) is 34.5 Å². The molecule has 0 fully saturated rings. The Kier molecular flexibility index (Phi) is 4.09. The third-order valence-electron chi connectivity index (χ3n) is 3.93. The first kappa shape index (κ1) is 15.6. The van der Waals surface area contributed by atoms with Gasteiger partial charge >= 0.3 is 0 Å². The third kappa shape index (κ3) is 3.08. The molecule has 1 amide bonds. The summed E-state index contributed by atoms with van der Waals surface area (Å²) >= 11 is 6.04. The molecule has 1 aromatic heterocycles. The summed E-state index contributed by atoms with van der Waals surface area (Å²) < 4.78 is 5.29. The molecule has 0 aliphatic rings. The van der Waals surface area contributed by atoms with Gasteiger partial charge in [0.25, 0.3) is 0 Å². The summed E-state index contributed by atoms with van der Waals surface area (Å²) in [4.78, 5) is 14.2. The van der Waals surface area contributed by atoms with Gasteiger partial charge in [0.05, 0.1) is 6.42 Å². The van der Waals surface area contributed by atoms with Crippen molar-refractivity contribution < 1.29 is 9.32 Å². The molecule has 0 saturated heterocycles. The number of nitrogens with zero attached hydrogens (tertiary/aromatic N) is 2. The van der Waals surface area contributed by atoms with E-state index in [1.54, 1.807) is 18.0 Å². The summed E-state index contributed by atoms with van der Waals surface area (Å²) in [5.41, 5.74) is 4.24. The molecule has 3 aromatic rings. The number of aryl methyl sites for hydroxylation is 2. The summed E-state index contributed by atoms with van der Waals surface area (Å²) in [6, 6.07) is 11.3. The van der Waals surface area contributed by atoms with E-state index in [9.17, 15) is 4.79 Å². The quantitative estimate of drug-likeness (QED) is 0.720. The molecule has 0 aliphatic carbocycles. The van der Waals surface area contributed by atoms with Gasteiger partial charge in [0.2, 0.25) is 5.91 Å². The number of amides is 1. The van der Waals surface area contributed by atoms with E-state index in [0.717, 1.165) is 22.2 Å². The normalized spacial score (nSPS) is 11.0. The molecule has 4 nitrogen and oxygen atoms in total. The van der Waals surface area contributed by atoms with E-state index >= 15 is 0 Å². The molecule has 1 heterocycles. The second-order valence-corrected chi connectivity index (χ2v) is 6.13. The summed E-state index contributed by atoms with van der Waals surface area (Å²) in [7, 11) is 1.74. The monoisotopic (exact) mass is 328 g/mol. The van der Waals surface area contributed by atoms with Crippen LogP contribution >= 0.6 is 11.6 Å². The molecule has 5 heteroatoms. The maximum absolute atomic E-state index is 12.6. The van der Waals surface area contributed by atoms with Crippen molar-refractivity contribution in [3.05, 3.63) is 58.2 Å². The topological polar surface area (TPSA) is 46.3 Å². The van der Waals surface area contributed by atoms with E-state index in [4.69, 9.17) is 16.1 Å². The van der Waals surface area contributed by atoms with Crippen LogP contribution in [0.15, 0.2) is 40.9 Å². The van der Waals surface area contributed by atoms with Crippen LogP contribution in [0.3, 0.4) is 0 Å². The van der Waals surface area contributed by atoms with E-state index < -0.39 is 0 Å². The van der Waals surface area contributed by atoms with Crippen molar-refractivity contribution in [3.63, 3.8) is 0 Å². The number of aromatic nitrogens is 1. The lowest BCUT2D eigenvalue weighted by molar-refractivity contribution is -0.117. The van der Waals surface area contributed by atoms with E-state index in [-0.39, 0.29) is 12.3 Å². The Morgan fingerprint density at radius 2 is 2.00 bits per heavy atom. The molecule has 3 rings (SSSR count). The van der Waals surface area contributed by atoms with Gasteiger partial charge in [-0.05, 0) is 43.7 Å². The number of likely N-dealkylation sites (N-methyl/N-ethyl adjacent to an activating group) is 1. The van der Waals surface area contributed by atoms with Gasteiger partial charge in [0.15, 0.2) is 5.58 Å². The second-order valence-electron chi connectivity index (χ2n) is 5.69. The van der Waals surface area contributed by atoms with E-state index in [1.165, 1.54) is 0 Å². The van der Waals surface area contributed by atoms with Gasteiger partial charge in [-0.25, -0.2) is 0 Å². The van der Waals surface area contributed by atoms with Crippen LogP contribution in [0.5, 0.6) is 0 Å². The molecular formula is C18H17ClN2O2. The Hall–Kier alpha value is -2.33. The molecule has 2 aromatic carbocycles. The molecule has 0 radical (unpaired) electrons. The van der Waals surface area contributed by atoms with Crippen molar-refractivity contribution in [1.82, 2.24) is 5.16 Å². The largest absolute Gasteiger partial charge is 0.356 e. The maximum Gasteiger partial charge on any atom is 0.232 e. The molecule has 0 bridgehead atoms. The van der Waals surface area contributed by atoms with Crippen molar-refractivity contribution in [2.45, 2.75) is 20.3 Å². The Morgan fingerprint density at radius 1 is 1.22 bits per heavy atom. The average Bonchev–Trinajstić information content (AvgIpc) is 2.91. The SMILES string of the molecule is Cc1ccc2onc(CC(=O)N(C)c3cc(Cl)ccc3C)c2c1. The van der Waals surface area contributed by atoms with Crippen molar-refractivity contribution >= 4 is 34.2 Å². The lowest BCUT2D eigenvalue weighted by Gasteiger charge is -2.19. The number of hydrogen-bond donors (Lipinski definition) is 0. The van der Waals surface area contributed by atoms with Crippen molar-refractivity contribution in [1.29, 1.82) is 0 Å². The van der Waals surface area contributed by atoms with Gasteiger partial charge in [-0.3, -0.25) is 4.79 Å². The zero-order chi connectivity index (χ0) is 16.6. The zero-order valence-corrected chi connectivity index (χ0v) is 14.0. The number of rotatable bonds is 3. The van der Waals surface area contributed by atoms with Crippen LogP contribution in [0.4, 0.5) is 5.69 Å². The molecule has 0 saturated carbocycles. The fourth-order valence-electron chi connectivity index (χ4n) is 2.57. The van der Waals surface area contributed by atoms with Gasteiger partial charge in [-0.2, -0.15) is 0 Å². The van der Waals surface area contributed by atoms with Crippen LogP contribution in [-0.2, 0) is 11.2 Å². The van der Waals surface area contributed by atoms with Crippen LogP contribution in [0.25, 0.3) is 11.0 Å². The standard InChI is InChI=1S/C18H17ClN2O2/c1-11-4-7-17-14(8-11)15(20-23-17)10-18(22)21(3)16-9-13(19)6-5-12(16)2/h4-9H,10H2,1-3H3. The first-order valence-electron chi connectivity index (χ1n) is 7.33. The highest BCUT2D eigenvalue weighted by molar-refractivity contribution is 6.31. The van der Waals surface area contributed by atoms with Crippen LogP contribution in [0.1, 0.15) is 16.8 Å². The highest BCUT2D eigenvalue weighted by atomic mass is 35.5. The molecule has 0 aliphatic heterocycles. The lowest BCUT2D eigenvalue weighted by Crippen LogP contribution is -2.28. The van der Waals surface area contributed by atoms with Crippen LogP contribution in [-0.4, -0.2) is 18.1 Å². The summed E-state index contributed by atoms with van der Waals surface area (Å²) in [6.45, 7) is 3.95. The van der Waals surface area contributed by atoms with Crippen molar-refractivity contribution in [2.75, 3.05) is 11.9 Å². The number of halogens is 1. The van der Waals surface area contributed by atoms with Gasteiger partial charge in [0.1, 0.15) is 5.69 Å². The zero-order valence-electron chi connectivity index (χ0n) is 13.3. The second kappa shape index (κ2) is 6.05. The molecule has 23 heavy (non-hydrogen) atoms. The number of fused-ring (bicyclic) bond motifs is 1. The molecule has 0 N–H and O–H groups in total. The van der Waals surface area contributed by atoms with E-state index in [2.05, 4.69) is 5.16 Å². The highest BCUT2D eigenvalue weighted by Crippen LogP contribution is 2.25. The van der Waals surface area contributed by atoms with Gasteiger partial charge in [-0.15, -0.1) is 0 Å². The third-order valence-corrected chi connectivity index (χ3v) is 4.16. The van der Waals surface area contributed by atoms with Crippen LogP contribution in [0.2, 0.25) is 5.02 Å². The molecule has 0 spiro atoms. The first-order chi connectivity index (χ1) is 11.0. The number of carbonyl (C=O) groups is 1. The molecule has 0 unspecified atom stereocenters. The fourth-order valence-corrected chi connectivity index (χ4v) is 2.74. The van der Waals surface area contributed by atoms with Crippen LogP contribution < -0.4 is 4.90 Å². The lowest BCUT2D eigenvalue weighted by atomic mass is 10.1. The fraction of sp³-hybridized carbons (Fsp3) is 0.222. The van der Waals surface area contributed by atoms with Crippen molar-refractivity contribution in [3.8, 4) is 0 Å². The van der Waals surface area contributed by atoms with Crippen LogP contribution in [0, 0.1) is 13.8 Å². The predicted molar refractivity (Wildman–Crippen MR) is 92.0 cm³/mol. The molecule has 118 valence electrons.